The Morgan fingerprint density at radius 3 is 2.79 bits per heavy atom. The maximum Gasteiger partial charge on any atom is 0.250 e. The summed E-state index contributed by atoms with van der Waals surface area (Å²) >= 11 is 0. The Kier molecular flexibility index (Phi) is 4.86. The minimum Gasteiger partial charge on any atom is -0.369 e. The first-order chi connectivity index (χ1) is 11.6. The number of amides is 2. The molecule has 6 heteroatoms. The summed E-state index contributed by atoms with van der Waals surface area (Å²) in [6, 6.07) is 12.5. The Balaban J connectivity index is 1.74. The van der Waals surface area contributed by atoms with Crippen molar-refractivity contribution in [1.29, 1.82) is 0 Å². The zero-order valence-electron chi connectivity index (χ0n) is 13.4. The summed E-state index contributed by atoms with van der Waals surface area (Å²) in [5, 5.41) is 2.75. The smallest absolute Gasteiger partial charge is 0.250 e. The monoisotopic (exact) mass is 325 g/mol. The van der Waals surface area contributed by atoms with Crippen LogP contribution in [0.4, 0.5) is 5.82 Å². The Morgan fingerprint density at radius 2 is 2.08 bits per heavy atom. The molecular weight excluding hydrogens is 306 g/mol. The summed E-state index contributed by atoms with van der Waals surface area (Å²) in [4.78, 5) is 30.5. The summed E-state index contributed by atoms with van der Waals surface area (Å²) < 4.78 is 5.27. The normalized spacial score (nSPS) is 17.6. The summed E-state index contributed by atoms with van der Waals surface area (Å²) in [6.07, 6.45) is 1.68. The Labute approximate surface area is 140 Å². The first-order valence-corrected chi connectivity index (χ1v) is 7.78. The fourth-order valence-electron chi connectivity index (χ4n) is 2.55. The Morgan fingerprint density at radius 1 is 1.29 bits per heavy atom. The number of carbonyl (C=O) groups excluding carboxylic acids is 2. The third kappa shape index (κ3) is 3.78. The number of carbonyl (C=O) groups is 2. The SMILES string of the molecule is Cc1ccc(NC(=O)[C@H]2COCC(=O)N2Cc2ccccc2)nc1. The fourth-order valence-corrected chi connectivity index (χ4v) is 2.55. The van der Waals surface area contributed by atoms with E-state index in [1.54, 1.807) is 17.2 Å². The van der Waals surface area contributed by atoms with E-state index in [1.165, 1.54) is 0 Å². The molecule has 1 aromatic carbocycles. The molecule has 0 spiro atoms. The molecule has 2 aromatic rings. The van der Waals surface area contributed by atoms with Crippen LogP contribution in [0.15, 0.2) is 48.7 Å². The van der Waals surface area contributed by atoms with E-state index < -0.39 is 6.04 Å². The number of pyridine rings is 1. The minimum absolute atomic E-state index is 0.000600. The van der Waals surface area contributed by atoms with Crippen molar-refractivity contribution in [2.24, 2.45) is 0 Å². The predicted octanol–water partition coefficient (Wildman–Crippen LogP) is 1.76. The largest absolute Gasteiger partial charge is 0.369 e. The van der Waals surface area contributed by atoms with Crippen molar-refractivity contribution < 1.29 is 14.3 Å². The van der Waals surface area contributed by atoms with E-state index in [2.05, 4.69) is 10.3 Å². The van der Waals surface area contributed by atoms with Crippen LogP contribution < -0.4 is 5.32 Å². The number of hydrogen-bond acceptors (Lipinski definition) is 4. The summed E-state index contributed by atoms with van der Waals surface area (Å²) in [5.74, 6) is -0.0271. The van der Waals surface area contributed by atoms with Gasteiger partial charge in [-0.2, -0.15) is 0 Å². The lowest BCUT2D eigenvalue weighted by atomic mass is 10.1. The molecule has 0 saturated carbocycles. The van der Waals surface area contributed by atoms with Gasteiger partial charge in [0, 0.05) is 12.7 Å². The van der Waals surface area contributed by atoms with E-state index in [9.17, 15) is 9.59 Å². The van der Waals surface area contributed by atoms with Crippen molar-refractivity contribution in [1.82, 2.24) is 9.88 Å². The molecule has 0 unspecified atom stereocenters. The average Bonchev–Trinajstić information content (AvgIpc) is 2.59. The van der Waals surface area contributed by atoms with Gasteiger partial charge in [0.15, 0.2) is 0 Å². The number of anilines is 1. The van der Waals surface area contributed by atoms with Gasteiger partial charge >= 0.3 is 0 Å². The van der Waals surface area contributed by atoms with E-state index in [-0.39, 0.29) is 25.0 Å². The third-order valence-corrected chi connectivity index (χ3v) is 3.86. The quantitative estimate of drug-likeness (QED) is 0.930. The minimum atomic E-state index is -0.672. The van der Waals surface area contributed by atoms with Crippen molar-refractivity contribution in [3.05, 3.63) is 59.8 Å². The van der Waals surface area contributed by atoms with Crippen molar-refractivity contribution >= 4 is 17.6 Å². The zero-order valence-corrected chi connectivity index (χ0v) is 13.4. The second-order valence-corrected chi connectivity index (χ2v) is 5.75. The van der Waals surface area contributed by atoms with Crippen LogP contribution in [0.25, 0.3) is 0 Å². The maximum atomic E-state index is 12.6. The van der Waals surface area contributed by atoms with Gasteiger partial charge in [0.05, 0.1) is 6.61 Å². The molecule has 0 bridgehead atoms. The van der Waals surface area contributed by atoms with E-state index in [4.69, 9.17) is 4.74 Å². The highest BCUT2D eigenvalue weighted by Crippen LogP contribution is 2.15. The number of benzene rings is 1. The number of nitrogens with one attached hydrogen (secondary N) is 1. The number of ether oxygens (including phenoxy) is 1. The van der Waals surface area contributed by atoms with Gasteiger partial charge in [-0.3, -0.25) is 9.59 Å². The second kappa shape index (κ2) is 7.23. The standard InChI is InChI=1S/C18H19N3O3/c1-13-7-8-16(19-9-13)20-18(23)15-11-24-12-17(22)21(15)10-14-5-3-2-4-6-14/h2-9,15H,10-12H2,1H3,(H,19,20,23)/t15-/m1/s1. The van der Waals surface area contributed by atoms with Gasteiger partial charge in [0.1, 0.15) is 18.5 Å². The Hall–Kier alpha value is -2.73. The molecule has 1 aromatic heterocycles. The Bertz CT molecular complexity index is 716. The lowest BCUT2D eigenvalue weighted by Crippen LogP contribution is -2.54. The molecule has 2 heterocycles. The number of rotatable bonds is 4. The number of aryl methyl sites for hydroxylation is 1. The number of aromatic nitrogens is 1. The van der Waals surface area contributed by atoms with Gasteiger partial charge in [0.2, 0.25) is 5.91 Å². The van der Waals surface area contributed by atoms with E-state index in [1.807, 2.05) is 43.3 Å². The third-order valence-electron chi connectivity index (χ3n) is 3.86. The van der Waals surface area contributed by atoms with E-state index in [0.717, 1.165) is 11.1 Å². The van der Waals surface area contributed by atoms with Gasteiger partial charge in [-0.05, 0) is 24.1 Å². The summed E-state index contributed by atoms with van der Waals surface area (Å²) in [7, 11) is 0. The molecule has 3 rings (SSSR count). The molecule has 6 nitrogen and oxygen atoms in total. The molecule has 1 saturated heterocycles. The van der Waals surface area contributed by atoms with Crippen LogP contribution in [0.3, 0.4) is 0 Å². The van der Waals surface area contributed by atoms with Crippen molar-refractivity contribution in [2.75, 3.05) is 18.5 Å². The second-order valence-electron chi connectivity index (χ2n) is 5.75. The van der Waals surface area contributed by atoms with Crippen LogP contribution >= 0.6 is 0 Å². The van der Waals surface area contributed by atoms with Crippen molar-refractivity contribution in [2.45, 2.75) is 19.5 Å². The molecule has 2 amide bonds. The zero-order chi connectivity index (χ0) is 16.9. The van der Waals surface area contributed by atoms with Crippen LogP contribution in [-0.4, -0.2) is 41.0 Å². The molecule has 0 radical (unpaired) electrons. The van der Waals surface area contributed by atoms with Crippen LogP contribution in [0.1, 0.15) is 11.1 Å². The van der Waals surface area contributed by atoms with Gasteiger partial charge in [-0.15, -0.1) is 0 Å². The molecule has 0 aliphatic carbocycles. The number of hydrogen-bond donors (Lipinski definition) is 1. The van der Waals surface area contributed by atoms with Gasteiger partial charge in [0.25, 0.3) is 5.91 Å². The van der Waals surface area contributed by atoms with E-state index >= 15 is 0 Å². The number of nitrogens with zero attached hydrogens (tertiary/aromatic N) is 2. The molecule has 1 aliphatic heterocycles. The highest BCUT2D eigenvalue weighted by Gasteiger charge is 2.34. The molecule has 1 atom stereocenters. The molecule has 1 fully saturated rings. The first-order valence-electron chi connectivity index (χ1n) is 7.78. The summed E-state index contributed by atoms with van der Waals surface area (Å²) in [6.45, 7) is 2.48. The topological polar surface area (TPSA) is 71.5 Å². The van der Waals surface area contributed by atoms with Crippen LogP contribution in [0.2, 0.25) is 0 Å². The lowest BCUT2D eigenvalue weighted by molar-refractivity contribution is -0.154. The lowest BCUT2D eigenvalue weighted by Gasteiger charge is -2.34. The number of morpholine rings is 1. The first kappa shape index (κ1) is 16.1. The van der Waals surface area contributed by atoms with Crippen LogP contribution in [0.5, 0.6) is 0 Å². The summed E-state index contributed by atoms with van der Waals surface area (Å²) in [5.41, 5.74) is 1.98. The highest BCUT2D eigenvalue weighted by atomic mass is 16.5. The van der Waals surface area contributed by atoms with Gasteiger partial charge < -0.3 is 15.0 Å². The molecule has 124 valence electrons. The fraction of sp³-hybridized carbons (Fsp3) is 0.278. The van der Waals surface area contributed by atoms with Crippen LogP contribution in [-0.2, 0) is 20.9 Å². The molecular formula is C18H19N3O3. The van der Waals surface area contributed by atoms with Gasteiger partial charge in [-0.1, -0.05) is 36.4 Å². The van der Waals surface area contributed by atoms with Crippen molar-refractivity contribution in [3.63, 3.8) is 0 Å². The van der Waals surface area contributed by atoms with E-state index in [0.29, 0.717) is 12.4 Å². The average molecular weight is 325 g/mol. The maximum absolute atomic E-state index is 12.6. The molecule has 24 heavy (non-hydrogen) atoms. The molecule has 1 aliphatic rings. The highest BCUT2D eigenvalue weighted by molar-refractivity contribution is 5.97. The molecule has 1 N–H and O–H groups in total. The van der Waals surface area contributed by atoms with Crippen molar-refractivity contribution in [3.8, 4) is 0 Å². The predicted molar refractivity (Wildman–Crippen MR) is 89.2 cm³/mol. The van der Waals surface area contributed by atoms with Crippen LogP contribution in [0, 0.1) is 6.92 Å². The van der Waals surface area contributed by atoms with Gasteiger partial charge in [-0.25, -0.2) is 4.98 Å².